The maximum absolute atomic E-state index is 12.1. The van der Waals surface area contributed by atoms with Gasteiger partial charge in [0.1, 0.15) is 18.8 Å². The standard InChI is InChI=1S/C26H36O18/c1-10(27)35-8-18-20(38-12(3)29)22(40-14(5)31)24(42-16(7)33)26(44-18)36-9-17-19(37-11(2)28)21(39-13(4)30)23(25(34)43-17)41-15(6)32/h17-26,34H,8-9H2,1-7H3/t17-,18-,19+,20+,21-,22-,23+,24+,25+,26-/m0/s1. The predicted octanol–water partition coefficient (Wildman–Crippen LogP) is -1.40. The van der Waals surface area contributed by atoms with Gasteiger partial charge in [0.15, 0.2) is 49.2 Å². The molecule has 0 aliphatic carbocycles. The van der Waals surface area contributed by atoms with Crippen molar-refractivity contribution in [2.24, 2.45) is 0 Å². The van der Waals surface area contributed by atoms with Crippen LogP contribution in [0.4, 0.5) is 0 Å². The van der Waals surface area contributed by atoms with E-state index in [0.717, 1.165) is 48.5 Å². The maximum atomic E-state index is 12.1. The van der Waals surface area contributed by atoms with Crippen molar-refractivity contribution < 1.29 is 86.0 Å². The van der Waals surface area contributed by atoms with E-state index in [9.17, 15) is 38.7 Å². The van der Waals surface area contributed by atoms with Crippen molar-refractivity contribution in [2.75, 3.05) is 13.2 Å². The number of hydrogen-bond donors (Lipinski definition) is 1. The van der Waals surface area contributed by atoms with Gasteiger partial charge < -0.3 is 52.5 Å². The van der Waals surface area contributed by atoms with Gasteiger partial charge in [-0.3, -0.25) is 33.6 Å². The quantitative estimate of drug-likeness (QED) is 0.203. The Labute approximate surface area is 251 Å². The number of aliphatic hydroxyl groups is 1. The number of carbonyl (C=O) groups is 7. The molecule has 0 aromatic carbocycles. The van der Waals surface area contributed by atoms with Gasteiger partial charge in [-0.05, 0) is 0 Å². The summed E-state index contributed by atoms with van der Waals surface area (Å²) in [5.74, 6) is -5.94. The van der Waals surface area contributed by atoms with Crippen LogP contribution in [-0.2, 0) is 80.9 Å². The van der Waals surface area contributed by atoms with Crippen molar-refractivity contribution >= 4 is 41.8 Å². The molecule has 0 saturated carbocycles. The second-order valence-corrected chi connectivity index (χ2v) is 9.69. The smallest absolute Gasteiger partial charge is 0.303 e. The average Bonchev–Trinajstić information content (AvgIpc) is 2.87. The molecule has 0 amide bonds. The Kier molecular flexibility index (Phi) is 13.4. The fraction of sp³-hybridized carbons (Fsp3) is 0.731. The number of aliphatic hydroxyl groups excluding tert-OH is 1. The van der Waals surface area contributed by atoms with Crippen LogP contribution < -0.4 is 0 Å². The maximum Gasteiger partial charge on any atom is 0.303 e. The molecular formula is C26H36O18. The number of rotatable bonds is 11. The third-order valence-corrected chi connectivity index (χ3v) is 5.89. The van der Waals surface area contributed by atoms with E-state index in [1.807, 2.05) is 0 Å². The molecule has 0 aromatic rings. The molecule has 2 fully saturated rings. The van der Waals surface area contributed by atoms with Crippen molar-refractivity contribution in [3.05, 3.63) is 0 Å². The van der Waals surface area contributed by atoms with E-state index in [1.165, 1.54) is 0 Å². The van der Waals surface area contributed by atoms with Crippen LogP contribution >= 0.6 is 0 Å². The molecule has 18 nitrogen and oxygen atoms in total. The highest BCUT2D eigenvalue weighted by atomic mass is 16.7. The SMILES string of the molecule is CC(=O)OC[C@@H]1O[C@H](OC[C@@H]2O[C@@H](O)[C@H](OC(C)=O)[C@@H](OC(C)=O)[C@@H]2OC(C)=O)[C@H](OC(C)=O)[C@@H](OC(C)=O)[C@@H]1OC(C)=O. The van der Waals surface area contributed by atoms with E-state index in [-0.39, 0.29) is 0 Å². The first-order valence-electron chi connectivity index (χ1n) is 13.3. The van der Waals surface area contributed by atoms with Crippen molar-refractivity contribution in [3.8, 4) is 0 Å². The molecular weight excluding hydrogens is 600 g/mol. The fourth-order valence-electron chi connectivity index (χ4n) is 4.52. The van der Waals surface area contributed by atoms with E-state index < -0.39 is 116 Å². The molecule has 44 heavy (non-hydrogen) atoms. The highest BCUT2D eigenvalue weighted by molar-refractivity contribution is 5.69. The largest absolute Gasteiger partial charge is 0.463 e. The summed E-state index contributed by atoms with van der Waals surface area (Å²) in [5.41, 5.74) is 0. The van der Waals surface area contributed by atoms with Crippen LogP contribution in [0, 0.1) is 0 Å². The lowest BCUT2D eigenvalue weighted by Crippen LogP contribution is -2.64. The Hall–Kier alpha value is -3.87. The zero-order valence-corrected chi connectivity index (χ0v) is 25.1. The van der Waals surface area contributed by atoms with Crippen molar-refractivity contribution in [1.29, 1.82) is 0 Å². The fourth-order valence-corrected chi connectivity index (χ4v) is 4.52. The average molecular weight is 637 g/mol. The lowest BCUT2D eigenvalue weighted by atomic mass is 9.97. The summed E-state index contributed by atoms with van der Waals surface area (Å²) in [7, 11) is 0. The van der Waals surface area contributed by atoms with Crippen molar-refractivity contribution in [2.45, 2.75) is 110 Å². The Bertz CT molecular complexity index is 1090. The summed E-state index contributed by atoms with van der Waals surface area (Å²) in [5, 5.41) is 10.6. The molecule has 0 bridgehead atoms. The Morgan fingerprint density at radius 1 is 0.477 bits per heavy atom. The van der Waals surface area contributed by atoms with Gasteiger partial charge in [0.25, 0.3) is 0 Å². The van der Waals surface area contributed by atoms with E-state index in [2.05, 4.69) is 0 Å². The molecule has 0 aromatic heterocycles. The zero-order valence-electron chi connectivity index (χ0n) is 25.1. The Morgan fingerprint density at radius 3 is 1.27 bits per heavy atom. The minimum atomic E-state index is -1.90. The van der Waals surface area contributed by atoms with E-state index in [0.29, 0.717) is 0 Å². The van der Waals surface area contributed by atoms with Crippen LogP contribution in [0.25, 0.3) is 0 Å². The van der Waals surface area contributed by atoms with Crippen LogP contribution in [0.3, 0.4) is 0 Å². The third-order valence-electron chi connectivity index (χ3n) is 5.89. The highest BCUT2D eigenvalue weighted by Gasteiger charge is 2.55. The second-order valence-electron chi connectivity index (χ2n) is 9.69. The van der Waals surface area contributed by atoms with Gasteiger partial charge in [0, 0.05) is 48.5 Å². The van der Waals surface area contributed by atoms with E-state index >= 15 is 0 Å². The topological polar surface area (TPSA) is 232 Å². The minimum absolute atomic E-state index is 0.523. The lowest BCUT2D eigenvalue weighted by Gasteiger charge is -2.45. The lowest BCUT2D eigenvalue weighted by molar-refractivity contribution is -0.330. The highest BCUT2D eigenvalue weighted by Crippen LogP contribution is 2.32. The van der Waals surface area contributed by atoms with Gasteiger partial charge in [-0.2, -0.15) is 0 Å². The normalized spacial score (nSPS) is 31.5. The molecule has 2 aliphatic heterocycles. The van der Waals surface area contributed by atoms with E-state index in [4.69, 9.17) is 47.4 Å². The van der Waals surface area contributed by atoms with Gasteiger partial charge >= 0.3 is 41.8 Å². The van der Waals surface area contributed by atoms with Gasteiger partial charge in [-0.25, -0.2) is 0 Å². The van der Waals surface area contributed by atoms with E-state index in [1.54, 1.807) is 0 Å². The molecule has 1 N–H and O–H groups in total. The third kappa shape index (κ3) is 10.7. The number of hydrogen-bond acceptors (Lipinski definition) is 18. The second kappa shape index (κ2) is 16.3. The Balaban J connectivity index is 2.48. The first-order chi connectivity index (χ1) is 20.5. The molecule has 0 unspecified atom stereocenters. The molecule has 2 rings (SSSR count). The first-order valence-corrected chi connectivity index (χ1v) is 13.3. The van der Waals surface area contributed by atoms with Crippen LogP contribution in [-0.4, -0.2) is 122 Å². The predicted molar refractivity (Wildman–Crippen MR) is 135 cm³/mol. The monoisotopic (exact) mass is 636 g/mol. The van der Waals surface area contributed by atoms with Gasteiger partial charge in [-0.15, -0.1) is 0 Å². The van der Waals surface area contributed by atoms with Gasteiger partial charge in [-0.1, -0.05) is 0 Å². The summed E-state index contributed by atoms with van der Waals surface area (Å²) in [4.78, 5) is 83.0. The first kappa shape index (κ1) is 36.3. The summed E-state index contributed by atoms with van der Waals surface area (Å²) in [6.45, 7) is 6.15. The molecule has 2 heterocycles. The summed E-state index contributed by atoms with van der Waals surface area (Å²) in [6.07, 6.45) is -15.6. The summed E-state index contributed by atoms with van der Waals surface area (Å²) < 4.78 is 53.7. The number of carbonyl (C=O) groups excluding carboxylic acids is 7. The number of esters is 7. The molecule has 248 valence electrons. The zero-order chi connectivity index (χ0) is 33.3. The number of ether oxygens (including phenoxy) is 10. The van der Waals surface area contributed by atoms with Gasteiger partial charge in [0.05, 0.1) is 6.61 Å². The van der Waals surface area contributed by atoms with Crippen molar-refractivity contribution in [3.63, 3.8) is 0 Å². The van der Waals surface area contributed by atoms with Crippen LogP contribution in [0.2, 0.25) is 0 Å². The van der Waals surface area contributed by atoms with Crippen LogP contribution in [0.1, 0.15) is 48.5 Å². The van der Waals surface area contributed by atoms with Gasteiger partial charge in [0.2, 0.25) is 0 Å². The minimum Gasteiger partial charge on any atom is -0.463 e. The van der Waals surface area contributed by atoms with Crippen LogP contribution in [0.5, 0.6) is 0 Å². The van der Waals surface area contributed by atoms with Crippen molar-refractivity contribution in [1.82, 2.24) is 0 Å². The summed E-state index contributed by atoms with van der Waals surface area (Å²) >= 11 is 0. The molecule has 0 radical (unpaired) electrons. The van der Waals surface area contributed by atoms with Crippen LogP contribution in [0.15, 0.2) is 0 Å². The Morgan fingerprint density at radius 2 is 0.841 bits per heavy atom. The molecule has 10 atom stereocenters. The molecule has 18 heteroatoms. The molecule has 2 saturated heterocycles. The molecule has 0 spiro atoms. The molecule has 2 aliphatic rings. The summed E-state index contributed by atoms with van der Waals surface area (Å²) in [6, 6.07) is 0.